The van der Waals surface area contributed by atoms with Crippen LogP contribution in [0.5, 0.6) is 0 Å². The lowest BCUT2D eigenvalue weighted by Gasteiger charge is -2.23. The van der Waals surface area contributed by atoms with Gasteiger partial charge in [0.2, 0.25) is 5.91 Å². The van der Waals surface area contributed by atoms with Gasteiger partial charge in [-0.1, -0.05) is 0 Å². The van der Waals surface area contributed by atoms with Crippen molar-refractivity contribution in [3.05, 3.63) is 21.0 Å². The van der Waals surface area contributed by atoms with Crippen LogP contribution in [0.3, 0.4) is 0 Å². The van der Waals surface area contributed by atoms with Crippen LogP contribution in [0.25, 0.3) is 0 Å². The van der Waals surface area contributed by atoms with E-state index in [4.69, 9.17) is 4.74 Å². The highest BCUT2D eigenvalue weighted by Gasteiger charge is 2.26. The number of ether oxygens (including phenoxy) is 1. The Morgan fingerprint density at radius 3 is 2.76 bits per heavy atom. The largest absolute Gasteiger partial charge is 0.383 e. The molecule has 21 heavy (non-hydrogen) atoms. The normalized spacial score (nSPS) is 11.3. The number of carbonyl (C=O) groups is 1. The van der Waals surface area contributed by atoms with Gasteiger partial charge in [0.1, 0.15) is 4.47 Å². The maximum atomic E-state index is 12.1. The molecule has 0 aromatic carbocycles. The number of aromatic nitrogens is 2. The zero-order valence-electron chi connectivity index (χ0n) is 12.7. The summed E-state index contributed by atoms with van der Waals surface area (Å²) in [5, 5.41) is 9.76. The topological polar surface area (TPSA) is 85.2 Å². The molecule has 1 aromatic rings. The number of hydrogen-bond donors (Lipinski definition) is 2. The van der Waals surface area contributed by atoms with E-state index in [-0.39, 0.29) is 11.5 Å². The van der Waals surface area contributed by atoms with Crippen LogP contribution in [0.15, 0.2) is 15.5 Å². The van der Waals surface area contributed by atoms with Crippen LogP contribution in [0.2, 0.25) is 0 Å². The van der Waals surface area contributed by atoms with Crippen LogP contribution < -0.4 is 16.2 Å². The lowest BCUT2D eigenvalue weighted by Crippen LogP contribution is -2.39. The Morgan fingerprint density at radius 2 is 2.19 bits per heavy atom. The zero-order valence-corrected chi connectivity index (χ0v) is 14.3. The van der Waals surface area contributed by atoms with Crippen molar-refractivity contribution in [2.45, 2.75) is 20.4 Å². The molecule has 0 saturated heterocycles. The molecule has 1 aromatic heterocycles. The quantitative estimate of drug-likeness (QED) is 0.752. The maximum absolute atomic E-state index is 12.1. The Hall–Kier alpha value is -1.41. The van der Waals surface area contributed by atoms with Gasteiger partial charge >= 0.3 is 0 Å². The van der Waals surface area contributed by atoms with E-state index in [0.717, 1.165) is 0 Å². The number of halogens is 1. The van der Waals surface area contributed by atoms with Gasteiger partial charge in [-0.3, -0.25) is 9.59 Å². The molecule has 2 N–H and O–H groups in total. The molecule has 0 aliphatic carbocycles. The second-order valence-electron chi connectivity index (χ2n) is 5.21. The van der Waals surface area contributed by atoms with Crippen LogP contribution >= 0.6 is 15.9 Å². The molecular weight excluding hydrogens is 340 g/mol. The molecule has 1 heterocycles. The first kappa shape index (κ1) is 17.6. The predicted molar refractivity (Wildman–Crippen MR) is 84.4 cm³/mol. The van der Waals surface area contributed by atoms with Crippen molar-refractivity contribution in [1.82, 2.24) is 15.1 Å². The van der Waals surface area contributed by atoms with Crippen LogP contribution in [0, 0.1) is 5.41 Å². The standard InChI is InChI=1S/C13H21BrN4O3/c1-13(2,12(20)15-3)8-16-9-7-17-18(5-6-21-4)11(19)10(9)14/h7,16H,5-6,8H2,1-4H3,(H,15,20). The molecular formula is C13H21BrN4O3. The van der Waals surface area contributed by atoms with Crippen LogP contribution in [0.1, 0.15) is 13.8 Å². The highest BCUT2D eigenvalue weighted by molar-refractivity contribution is 9.10. The number of nitrogens with zero attached hydrogens (tertiary/aromatic N) is 2. The molecule has 0 bridgehead atoms. The number of hydrogen-bond acceptors (Lipinski definition) is 5. The van der Waals surface area contributed by atoms with E-state index >= 15 is 0 Å². The Morgan fingerprint density at radius 1 is 1.52 bits per heavy atom. The number of methoxy groups -OCH3 is 1. The fourth-order valence-electron chi connectivity index (χ4n) is 1.66. The predicted octanol–water partition coefficient (Wildman–Crippen LogP) is 0.836. The highest BCUT2D eigenvalue weighted by Crippen LogP contribution is 2.20. The van der Waals surface area contributed by atoms with E-state index in [2.05, 4.69) is 31.7 Å². The lowest BCUT2D eigenvalue weighted by atomic mass is 9.92. The number of rotatable bonds is 7. The first-order valence-electron chi connectivity index (χ1n) is 6.54. The number of amides is 1. The number of carbonyl (C=O) groups excluding carboxylic acids is 1. The van der Waals surface area contributed by atoms with Gasteiger partial charge in [0.05, 0.1) is 30.5 Å². The molecule has 0 fully saturated rings. The summed E-state index contributed by atoms with van der Waals surface area (Å²) in [4.78, 5) is 23.8. The van der Waals surface area contributed by atoms with E-state index in [9.17, 15) is 9.59 Å². The minimum absolute atomic E-state index is 0.0764. The van der Waals surface area contributed by atoms with Gasteiger partial charge in [0, 0.05) is 20.7 Å². The third-order valence-corrected chi connectivity index (χ3v) is 3.82. The second-order valence-corrected chi connectivity index (χ2v) is 6.00. The average molecular weight is 361 g/mol. The van der Waals surface area contributed by atoms with Gasteiger partial charge < -0.3 is 15.4 Å². The molecule has 1 amide bonds. The molecule has 0 radical (unpaired) electrons. The SMILES string of the molecule is CNC(=O)C(C)(C)CNc1cnn(CCOC)c(=O)c1Br. The second kappa shape index (κ2) is 7.56. The molecule has 0 saturated carbocycles. The minimum atomic E-state index is -0.598. The van der Waals surface area contributed by atoms with Gasteiger partial charge in [0.25, 0.3) is 5.56 Å². The van der Waals surface area contributed by atoms with Gasteiger partial charge in [-0.25, -0.2) is 4.68 Å². The van der Waals surface area contributed by atoms with E-state index in [1.165, 1.54) is 4.68 Å². The molecule has 0 spiro atoms. The molecule has 7 nitrogen and oxygen atoms in total. The Kier molecular flexibility index (Phi) is 6.35. The molecule has 0 unspecified atom stereocenters. The number of nitrogens with one attached hydrogen (secondary N) is 2. The van der Waals surface area contributed by atoms with Gasteiger partial charge in [-0.15, -0.1) is 0 Å². The van der Waals surface area contributed by atoms with Crippen molar-refractivity contribution in [2.24, 2.45) is 5.41 Å². The summed E-state index contributed by atoms with van der Waals surface area (Å²) in [5.74, 6) is -0.0764. The third kappa shape index (κ3) is 4.53. The first-order chi connectivity index (χ1) is 9.83. The molecule has 0 atom stereocenters. The fourth-order valence-corrected chi connectivity index (χ4v) is 2.11. The first-order valence-corrected chi connectivity index (χ1v) is 7.33. The van der Waals surface area contributed by atoms with E-state index in [0.29, 0.717) is 29.9 Å². The smallest absolute Gasteiger partial charge is 0.283 e. The van der Waals surface area contributed by atoms with Crippen LogP contribution in [-0.2, 0) is 16.1 Å². The summed E-state index contributed by atoms with van der Waals surface area (Å²) in [6.07, 6.45) is 1.56. The van der Waals surface area contributed by atoms with Gasteiger partial charge in [-0.2, -0.15) is 5.10 Å². The summed E-state index contributed by atoms with van der Waals surface area (Å²) in [6.45, 7) is 4.82. The van der Waals surface area contributed by atoms with Crippen molar-refractivity contribution in [3.63, 3.8) is 0 Å². The summed E-state index contributed by atoms with van der Waals surface area (Å²) >= 11 is 3.27. The summed E-state index contributed by atoms with van der Waals surface area (Å²) in [6, 6.07) is 0. The Balaban J connectivity index is 2.84. The van der Waals surface area contributed by atoms with Crippen molar-refractivity contribution < 1.29 is 9.53 Å². The van der Waals surface area contributed by atoms with Crippen molar-refractivity contribution in [2.75, 3.05) is 32.6 Å². The summed E-state index contributed by atoms with van der Waals surface area (Å²) in [5.41, 5.74) is -0.278. The highest BCUT2D eigenvalue weighted by atomic mass is 79.9. The van der Waals surface area contributed by atoms with Crippen LogP contribution in [0.4, 0.5) is 5.69 Å². The van der Waals surface area contributed by atoms with Crippen molar-refractivity contribution >= 4 is 27.5 Å². The molecule has 8 heteroatoms. The van der Waals surface area contributed by atoms with Gasteiger partial charge in [0.15, 0.2) is 0 Å². The average Bonchev–Trinajstić information content (AvgIpc) is 2.46. The molecule has 1 rings (SSSR count). The van der Waals surface area contributed by atoms with Crippen molar-refractivity contribution in [3.8, 4) is 0 Å². The molecule has 0 aliphatic rings. The minimum Gasteiger partial charge on any atom is -0.383 e. The fraction of sp³-hybridized carbons (Fsp3) is 0.615. The van der Waals surface area contributed by atoms with Crippen LogP contribution in [-0.4, -0.2) is 43.0 Å². The van der Waals surface area contributed by atoms with E-state index < -0.39 is 5.41 Å². The van der Waals surface area contributed by atoms with Crippen molar-refractivity contribution in [1.29, 1.82) is 0 Å². The Bertz CT molecular complexity index is 557. The third-order valence-electron chi connectivity index (χ3n) is 3.05. The molecule has 118 valence electrons. The van der Waals surface area contributed by atoms with E-state index in [1.807, 2.05) is 13.8 Å². The summed E-state index contributed by atoms with van der Waals surface area (Å²) < 4.78 is 6.64. The zero-order chi connectivity index (χ0) is 16.0. The van der Waals surface area contributed by atoms with E-state index in [1.54, 1.807) is 20.4 Å². The monoisotopic (exact) mass is 360 g/mol. The Labute approximate surface area is 132 Å². The summed E-state index contributed by atoms with van der Waals surface area (Å²) in [7, 11) is 3.16. The number of anilines is 1. The lowest BCUT2D eigenvalue weighted by molar-refractivity contribution is -0.128. The molecule has 0 aliphatic heterocycles. The van der Waals surface area contributed by atoms with Gasteiger partial charge in [-0.05, 0) is 29.8 Å². The maximum Gasteiger partial charge on any atom is 0.283 e.